The topological polar surface area (TPSA) is 107 Å². The number of hydrogen-bond donors (Lipinski definition) is 3. The van der Waals surface area contributed by atoms with Crippen LogP contribution in [0.4, 0.5) is 17.5 Å². The van der Waals surface area contributed by atoms with Gasteiger partial charge in [0.1, 0.15) is 5.82 Å². The number of aryl methyl sites for hydroxylation is 2. The van der Waals surface area contributed by atoms with Crippen molar-refractivity contribution in [2.75, 3.05) is 22.1 Å². The first-order valence-corrected chi connectivity index (χ1v) is 11.0. The summed E-state index contributed by atoms with van der Waals surface area (Å²) in [6.45, 7) is 6.83. The van der Waals surface area contributed by atoms with E-state index in [2.05, 4.69) is 32.4 Å². The minimum absolute atomic E-state index is 0.0883. The number of nitrogens with one attached hydrogen (secondary N) is 3. The summed E-state index contributed by atoms with van der Waals surface area (Å²) in [5.41, 5.74) is 2.54. The van der Waals surface area contributed by atoms with Gasteiger partial charge < -0.3 is 15.5 Å². The first kappa shape index (κ1) is 21.1. The van der Waals surface area contributed by atoms with E-state index in [1.54, 1.807) is 0 Å². The number of carbonyl (C=O) groups excluding carboxylic acids is 2. The zero-order valence-corrected chi connectivity index (χ0v) is 18.2. The highest BCUT2D eigenvalue weighted by Gasteiger charge is 2.35. The van der Waals surface area contributed by atoms with Crippen molar-refractivity contribution in [3.63, 3.8) is 0 Å². The maximum Gasteiger partial charge on any atom is 0.258 e. The number of carbonyl (C=O) groups is 2. The number of fused-ring (bicyclic) bond motifs is 1. The Hall–Kier alpha value is -3.16. The molecule has 1 aromatic carbocycles. The maximum atomic E-state index is 13.1. The molecule has 1 saturated heterocycles. The van der Waals surface area contributed by atoms with E-state index in [4.69, 9.17) is 0 Å². The molecule has 8 nitrogen and oxygen atoms in total. The van der Waals surface area contributed by atoms with Gasteiger partial charge in [-0.2, -0.15) is 4.98 Å². The molecule has 0 spiro atoms. The fourth-order valence-electron chi connectivity index (χ4n) is 4.70. The normalized spacial score (nSPS) is 20.7. The van der Waals surface area contributed by atoms with Gasteiger partial charge in [0.05, 0.1) is 11.5 Å². The molecule has 1 fully saturated rings. The molecule has 4 rings (SSSR count). The molecular formula is C23H29N5O3. The average Bonchev–Trinajstić information content (AvgIpc) is 2.71. The Morgan fingerprint density at radius 3 is 2.65 bits per heavy atom. The second-order valence-corrected chi connectivity index (χ2v) is 8.57. The molecule has 164 valence electrons. The highest BCUT2D eigenvalue weighted by molar-refractivity contribution is 6.04. The van der Waals surface area contributed by atoms with Gasteiger partial charge in [0.25, 0.3) is 5.56 Å². The maximum absolute atomic E-state index is 13.1. The van der Waals surface area contributed by atoms with Gasteiger partial charge in [-0.05, 0) is 62.8 Å². The predicted octanol–water partition coefficient (Wildman–Crippen LogP) is 3.22. The number of anilines is 3. The molecular weight excluding hydrogens is 394 g/mol. The lowest BCUT2D eigenvalue weighted by Crippen LogP contribution is -2.43. The first-order chi connectivity index (χ1) is 14.9. The summed E-state index contributed by atoms with van der Waals surface area (Å²) in [4.78, 5) is 48.0. The van der Waals surface area contributed by atoms with Crippen LogP contribution >= 0.6 is 0 Å². The molecule has 2 amide bonds. The van der Waals surface area contributed by atoms with E-state index in [9.17, 15) is 14.4 Å². The molecule has 2 aromatic rings. The zero-order chi connectivity index (χ0) is 22.1. The Balaban J connectivity index is 1.66. The van der Waals surface area contributed by atoms with E-state index in [-0.39, 0.29) is 35.2 Å². The highest BCUT2D eigenvalue weighted by Crippen LogP contribution is 2.32. The third-order valence-corrected chi connectivity index (χ3v) is 6.11. The van der Waals surface area contributed by atoms with Gasteiger partial charge in [-0.1, -0.05) is 13.0 Å². The number of rotatable bonds is 4. The lowest BCUT2D eigenvalue weighted by atomic mass is 9.92. The Labute approximate surface area is 181 Å². The minimum Gasteiger partial charge on any atom is -0.339 e. The van der Waals surface area contributed by atoms with Crippen LogP contribution in [0.2, 0.25) is 0 Å². The summed E-state index contributed by atoms with van der Waals surface area (Å²) in [6.07, 6.45) is 4.10. The zero-order valence-electron chi connectivity index (χ0n) is 18.2. The molecule has 0 saturated carbocycles. The monoisotopic (exact) mass is 423 g/mol. The third-order valence-electron chi connectivity index (χ3n) is 6.11. The van der Waals surface area contributed by atoms with Crippen molar-refractivity contribution in [1.82, 2.24) is 9.97 Å². The fourth-order valence-corrected chi connectivity index (χ4v) is 4.70. The molecule has 2 atom stereocenters. The third kappa shape index (κ3) is 4.33. The van der Waals surface area contributed by atoms with E-state index >= 15 is 0 Å². The van der Waals surface area contributed by atoms with E-state index in [0.717, 1.165) is 43.4 Å². The molecule has 0 aliphatic carbocycles. The van der Waals surface area contributed by atoms with Gasteiger partial charge >= 0.3 is 0 Å². The van der Waals surface area contributed by atoms with Gasteiger partial charge in [-0.3, -0.25) is 19.4 Å². The van der Waals surface area contributed by atoms with Gasteiger partial charge in [-0.15, -0.1) is 0 Å². The number of hydrogen-bond acceptors (Lipinski definition) is 5. The second-order valence-electron chi connectivity index (χ2n) is 8.57. The number of H-pyrrole nitrogens is 1. The smallest absolute Gasteiger partial charge is 0.258 e. The second kappa shape index (κ2) is 8.53. The van der Waals surface area contributed by atoms with Crippen molar-refractivity contribution >= 4 is 29.3 Å². The summed E-state index contributed by atoms with van der Waals surface area (Å²) >= 11 is 0. The number of benzene rings is 1. The lowest BCUT2D eigenvalue weighted by molar-refractivity contribution is -0.123. The SMILES string of the molecule is CCC1CCCCN1c1nc2c(c(=O)[nH]1)C(C(=O)Nc1cc(C)cc(C)c1)CC(=O)N2. The minimum atomic E-state index is -0.891. The van der Waals surface area contributed by atoms with E-state index in [1.807, 2.05) is 32.0 Å². The molecule has 3 heterocycles. The average molecular weight is 424 g/mol. The van der Waals surface area contributed by atoms with Crippen LogP contribution in [0.15, 0.2) is 23.0 Å². The molecule has 8 heteroatoms. The number of aromatic amines is 1. The standard InChI is InChI=1S/C23H29N5O3/c1-4-16-7-5-6-8-28(16)23-26-20-19(22(31)27-23)17(12-18(29)25-20)21(30)24-15-10-13(2)9-14(3)11-15/h9-11,16-17H,4-8,12H2,1-3H3,(H,24,30)(H2,25,26,27,29,31). The molecule has 0 bridgehead atoms. The van der Waals surface area contributed by atoms with Crippen LogP contribution < -0.4 is 21.1 Å². The predicted molar refractivity (Wildman–Crippen MR) is 121 cm³/mol. The molecule has 3 N–H and O–H groups in total. The number of piperidine rings is 1. The van der Waals surface area contributed by atoms with Gasteiger partial charge in [0.2, 0.25) is 17.8 Å². The Morgan fingerprint density at radius 2 is 1.94 bits per heavy atom. The first-order valence-electron chi connectivity index (χ1n) is 11.0. The molecule has 0 radical (unpaired) electrons. The molecule has 1 aromatic heterocycles. The van der Waals surface area contributed by atoms with E-state index in [0.29, 0.717) is 17.7 Å². The van der Waals surface area contributed by atoms with Crippen LogP contribution in [-0.2, 0) is 9.59 Å². The molecule has 2 aliphatic rings. The van der Waals surface area contributed by atoms with Crippen molar-refractivity contribution in [2.24, 2.45) is 0 Å². The van der Waals surface area contributed by atoms with Crippen molar-refractivity contribution in [2.45, 2.75) is 64.8 Å². The van der Waals surface area contributed by atoms with E-state index in [1.165, 1.54) is 0 Å². The Morgan fingerprint density at radius 1 is 1.19 bits per heavy atom. The van der Waals surface area contributed by atoms with Crippen LogP contribution in [0.25, 0.3) is 0 Å². The summed E-state index contributed by atoms with van der Waals surface area (Å²) < 4.78 is 0. The van der Waals surface area contributed by atoms with Gasteiger partial charge in [0.15, 0.2) is 0 Å². The summed E-state index contributed by atoms with van der Waals surface area (Å²) in [7, 11) is 0. The van der Waals surface area contributed by atoms with Crippen LogP contribution in [0.1, 0.15) is 61.6 Å². The van der Waals surface area contributed by atoms with Crippen LogP contribution in [-0.4, -0.2) is 34.4 Å². The largest absolute Gasteiger partial charge is 0.339 e. The molecule has 2 aliphatic heterocycles. The summed E-state index contributed by atoms with van der Waals surface area (Å²) in [6, 6.07) is 6.04. The van der Waals surface area contributed by atoms with E-state index < -0.39 is 5.92 Å². The van der Waals surface area contributed by atoms with Crippen LogP contribution in [0.5, 0.6) is 0 Å². The van der Waals surface area contributed by atoms with Crippen molar-refractivity contribution < 1.29 is 9.59 Å². The fraction of sp³-hybridized carbons (Fsp3) is 0.478. The quantitative estimate of drug-likeness (QED) is 0.700. The van der Waals surface area contributed by atoms with Crippen molar-refractivity contribution in [3.05, 3.63) is 45.2 Å². The molecule has 2 unspecified atom stereocenters. The number of amides is 2. The lowest BCUT2D eigenvalue weighted by Gasteiger charge is -2.36. The van der Waals surface area contributed by atoms with Gasteiger partial charge in [-0.25, -0.2) is 0 Å². The Kier molecular flexibility index (Phi) is 5.80. The van der Waals surface area contributed by atoms with Crippen molar-refractivity contribution in [3.8, 4) is 0 Å². The summed E-state index contributed by atoms with van der Waals surface area (Å²) in [5, 5.41) is 5.57. The summed E-state index contributed by atoms with van der Waals surface area (Å²) in [5.74, 6) is -0.937. The number of nitrogens with zero attached hydrogens (tertiary/aromatic N) is 2. The van der Waals surface area contributed by atoms with Crippen LogP contribution in [0, 0.1) is 13.8 Å². The Bertz CT molecular complexity index is 1060. The number of aromatic nitrogens is 2. The van der Waals surface area contributed by atoms with Crippen LogP contribution in [0.3, 0.4) is 0 Å². The van der Waals surface area contributed by atoms with Crippen molar-refractivity contribution in [1.29, 1.82) is 0 Å². The highest BCUT2D eigenvalue weighted by atomic mass is 16.2. The van der Waals surface area contributed by atoms with Gasteiger partial charge in [0, 0.05) is 24.7 Å². The molecule has 31 heavy (non-hydrogen) atoms.